The maximum atomic E-state index is 13.4. The van der Waals surface area contributed by atoms with Crippen LogP contribution in [0.25, 0.3) is 11.6 Å². The quantitative estimate of drug-likeness (QED) is 0.679. The first-order valence-electron chi connectivity index (χ1n) is 5.53. The third kappa shape index (κ3) is 3.29. The molecule has 1 N–H and O–H groups in total. The number of carboxylic acid groups (broad SMARTS) is 1. The SMILES string of the molecule is O=C(O)/C(=C/c1ccc(Br)c(F)c1)c1ccccc1. The van der Waals surface area contributed by atoms with Gasteiger partial charge in [-0.3, -0.25) is 0 Å². The lowest BCUT2D eigenvalue weighted by molar-refractivity contribution is -0.130. The van der Waals surface area contributed by atoms with Crippen LogP contribution < -0.4 is 0 Å². The van der Waals surface area contributed by atoms with Crippen molar-refractivity contribution in [2.24, 2.45) is 0 Å². The Bertz CT molecular complexity index is 636. The molecule has 2 rings (SSSR count). The van der Waals surface area contributed by atoms with Gasteiger partial charge in [0.05, 0.1) is 10.0 Å². The van der Waals surface area contributed by atoms with Gasteiger partial charge < -0.3 is 5.11 Å². The third-order valence-corrected chi connectivity index (χ3v) is 3.21. The summed E-state index contributed by atoms with van der Waals surface area (Å²) in [5.74, 6) is -1.47. The van der Waals surface area contributed by atoms with Gasteiger partial charge in [0.1, 0.15) is 5.82 Å². The summed E-state index contributed by atoms with van der Waals surface area (Å²) >= 11 is 3.06. The Balaban J connectivity index is 2.47. The Labute approximate surface area is 118 Å². The molecule has 2 aromatic carbocycles. The lowest BCUT2D eigenvalue weighted by Crippen LogP contribution is -1.99. The van der Waals surface area contributed by atoms with Gasteiger partial charge in [-0.1, -0.05) is 36.4 Å². The fourth-order valence-corrected chi connectivity index (χ4v) is 1.90. The molecule has 0 radical (unpaired) electrons. The standard InChI is InChI=1S/C15H10BrFO2/c16-13-7-6-10(9-14(13)17)8-12(15(18)19)11-4-2-1-3-5-11/h1-9H,(H,18,19)/b12-8+. The minimum absolute atomic E-state index is 0.127. The maximum Gasteiger partial charge on any atom is 0.336 e. The van der Waals surface area contributed by atoms with Crippen molar-refractivity contribution in [3.05, 3.63) is 69.9 Å². The Hall–Kier alpha value is -1.94. The van der Waals surface area contributed by atoms with E-state index in [9.17, 15) is 14.3 Å². The van der Waals surface area contributed by atoms with Crippen molar-refractivity contribution in [3.63, 3.8) is 0 Å². The van der Waals surface area contributed by atoms with E-state index in [4.69, 9.17) is 0 Å². The number of carboxylic acids is 1. The zero-order chi connectivity index (χ0) is 13.8. The summed E-state index contributed by atoms with van der Waals surface area (Å²) in [4.78, 5) is 11.3. The molecule has 2 nitrogen and oxygen atoms in total. The van der Waals surface area contributed by atoms with Crippen LogP contribution in [-0.4, -0.2) is 11.1 Å². The molecule has 19 heavy (non-hydrogen) atoms. The van der Waals surface area contributed by atoms with Gasteiger partial charge in [-0.25, -0.2) is 9.18 Å². The Morgan fingerprint density at radius 3 is 2.42 bits per heavy atom. The highest BCUT2D eigenvalue weighted by Crippen LogP contribution is 2.21. The van der Waals surface area contributed by atoms with Crippen LogP contribution in [0.1, 0.15) is 11.1 Å². The van der Waals surface area contributed by atoms with Crippen LogP contribution in [0.5, 0.6) is 0 Å². The van der Waals surface area contributed by atoms with Crippen LogP contribution in [0.2, 0.25) is 0 Å². The highest BCUT2D eigenvalue weighted by molar-refractivity contribution is 9.10. The summed E-state index contributed by atoms with van der Waals surface area (Å²) in [6.07, 6.45) is 1.45. The van der Waals surface area contributed by atoms with E-state index >= 15 is 0 Å². The molecule has 0 fully saturated rings. The predicted octanol–water partition coefficient (Wildman–Crippen LogP) is 4.21. The monoisotopic (exact) mass is 320 g/mol. The van der Waals surface area contributed by atoms with Crippen LogP contribution in [-0.2, 0) is 4.79 Å². The van der Waals surface area contributed by atoms with Gasteiger partial charge in [0, 0.05) is 0 Å². The number of hydrogen-bond donors (Lipinski definition) is 1. The average molecular weight is 321 g/mol. The molecule has 0 bridgehead atoms. The maximum absolute atomic E-state index is 13.4. The van der Waals surface area contributed by atoms with E-state index in [1.165, 1.54) is 12.1 Å². The topological polar surface area (TPSA) is 37.3 Å². The van der Waals surface area contributed by atoms with E-state index in [1.807, 2.05) is 6.07 Å². The molecular formula is C15H10BrFO2. The van der Waals surface area contributed by atoms with Gasteiger partial charge in [0.15, 0.2) is 0 Å². The van der Waals surface area contributed by atoms with E-state index in [1.54, 1.807) is 36.4 Å². The van der Waals surface area contributed by atoms with Crippen molar-refractivity contribution in [2.45, 2.75) is 0 Å². The second-order valence-corrected chi connectivity index (χ2v) is 4.76. The van der Waals surface area contributed by atoms with Gasteiger partial charge in [-0.2, -0.15) is 0 Å². The van der Waals surface area contributed by atoms with Crippen molar-refractivity contribution in [1.29, 1.82) is 0 Å². The molecule has 96 valence electrons. The predicted molar refractivity (Wildman–Crippen MR) is 76.0 cm³/mol. The van der Waals surface area contributed by atoms with E-state index in [2.05, 4.69) is 15.9 Å². The van der Waals surface area contributed by atoms with Crippen molar-refractivity contribution in [1.82, 2.24) is 0 Å². The van der Waals surface area contributed by atoms with Crippen LogP contribution in [0.4, 0.5) is 4.39 Å². The van der Waals surface area contributed by atoms with E-state index in [-0.39, 0.29) is 5.57 Å². The molecule has 2 aromatic rings. The van der Waals surface area contributed by atoms with Crippen molar-refractivity contribution < 1.29 is 14.3 Å². The lowest BCUT2D eigenvalue weighted by Gasteiger charge is -2.03. The van der Waals surface area contributed by atoms with Crippen molar-refractivity contribution >= 4 is 33.5 Å². The lowest BCUT2D eigenvalue weighted by atomic mass is 10.0. The summed E-state index contributed by atoms with van der Waals surface area (Å²) < 4.78 is 13.8. The molecule has 0 heterocycles. The second kappa shape index (κ2) is 5.80. The fourth-order valence-electron chi connectivity index (χ4n) is 1.66. The highest BCUT2D eigenvalue weighted by atomic mass is 79.9. The summed E-state index contributed by atoms with van der Waals surface area (Å²) in [6, 6.07) is 13.2. The smallest absolute Gasteiger partial charge is 0.336 e. The molecule has 0 atom stereocenters. The second-order valence-electron chi connectivity index (χ2n) is 3.90. The molecule has 0 aliphatic rings. The number of benzene rings is 2. The average Bonchev–Trinajstić information content (AvgIpc) is 2.40. The summed E-state index contributed by atoms with van der Waals surface area (Å²) in [7, 11) is 0. The third-order valence-electron chi connectivity index (χ3n) is 2.57. The fraction of sp³-hybridized carbons (Fsp3) is 0. The zero-order valence-corrected chi connectivity index (χ0v) is 11.4. The van der Waals surface area contributed by atoms with E-state index in [0.29, 0.717) is 15.6 Å². The Kier molecular flexibility index (Phi) is 4.12. The highest BCUT2D eigenvalue weighted by Gasteiger charge is 2.10. The molecule has 0 spiro atoms. The summed E-state index contributed by atoms with van der Waals surface area (Å²) in [5.41, 5.74) is 1.21. The molecule has 0 aromatic heterocycles. The molecule has 0 aliphatic heterocycles. The molecule has 0 aliphatic carbocycles. The summed E-state index contributed by atoms with van der Waals surface area (Å²) in [5, 5.41) is 9.24. The van der Waals surface area contributed by atoms with Gasteiger partial charge in [-0.15, -0.1) is 0 Å². The zero-order valence-electron chi connectivity index (χ0n) is 9.81. The van der Waals surface area contributed by atoms with Crippen LogP contribution in [0.3, 0.4) is 0 Å². The molecule has 0 saturated carbocycles. The van der Waals surface area contributed by atoms with Crippen molar-refractivity contribution in [3.8, 4) is 0 Å². The first-order valence-corrected chi connectivity index (χ1v) is 6.32. The number of hydrogen-bond acceptors (Lipinski definition) is 1. The molecule has 0 saturated heterocycles. The molecular weight excluding hydrogens is 311 g/mol. The van der Waals surface area contributed by atoms with Gasteiger partial charge in [-0.05, 0) is 45.3 Å². The number of rotatable bonds is 3. The largest absolute Gasteiger partial charge is 0.478 e. The first kappa shape index (κ1) is 13.5. The normalized spacial score (nSPS) is 11.4. The molecule has 0 amide bonds. The van der Waals surface area contributed by atoms with Crippen LogP contribution in [0.15, 0.2) is 53.0 Å². The summed E-state index contributed by atoms with van der Waals surface area (Å²) in [6.45, 7) is 0. The Morgan fingerprint density at radius 2 is 1.84 bits per heavy atom. The number of aliphatic carboxylic acids is 1. The van der Waals surface area contributed by atoms with Crippen molar-refractivity contribution in [2.75, 3.05) is 0 Å². The minimum Gasteiger partial charge on any atom is -0.478 e. The van der Waals surface area contributed by atoms with E-state index in [0.717, 1.165) is 0 Å². The van der Waals surface area contributed by atoms with Crippen LogP contribution in [0, 0.1) is 5.82 Å². The van der Waals surface area contributed by atoms with E-state index < -0.39 is 11.8 Å². The minimum atomic E-state index is -1.05. The molecule has 4 heteroatoms. The van der Waals surface area contributed by atoms with Gasteiger partial charge >= 0.3 is 5.97 Å². The molecule has 0 unspecified atom stereocenters. The Morgan fingerprint density at radius 1 is 1.16 bits per heavy atom. The number of halogens is 2. The number of carbonyl (C=O) groups is 1. The van der Waals surface area contributed by atoms with Gasteiger partial charge in [0.25, 0.3) is 0 Å². The first-order chi connectivity index (χ1) is 9.08. The van der Waals surface area contributed by atoms with Gasteiger partial charge in [0.2, 0.25) is 0 Å². The van der Waals surface area contributed by atoms with Crippen LogP contribution >= 0.6 is 15.9 Å².